The van der Waals surface area contributed by atoms with E-state index in [4.69, 9.17) is 9.47 Å². The first kappa shape index (κ1) is 30.0. The van der Waals surface area contributed by atoms with Gasteiger partial charge in [0.25, 0.3) is 0 Å². The predicted octanol–water partition coefficient (Wildman–Crippen LogP) is 8.11. The van der Waals surface area contributed by atoms with E-state index in [2.05, 4.69) is 19.1 Å². The lowest BCUT2D eigenvalue weighted by atomic mass is 9.69. The van der Waals surface area contributed by atoms with E-state index in [1.54, 1.807) is 6.07 Å². The number of ether oxygens (including phenoxy) is 2. The van der Waals surface area contributed by atoms with Gasteiger partial charge in [0.2, 0.25) is 11.8 Å². The van der Waals surface area contributed by atoms with E-state index in [1.165, 1.54) is 10.5 Å². The van der Waals surface area contributed by atoms with E-state index in [9.17, 15) is 14.7 Å². The minimum atomic E-state index is -0.429. The average Bonchev–Trinajstić information content (AvgIpc) is 3.62. The number of rotatable bonds is 10. The molecule has 2 heterocycles. The number of benzene rings is 4. The number of para-hydroxylation sites is 2. The van der Waals surface area contributed by atoms with Gasteiger partial charge in [-0.15, -0.1) is 0 Å². The van der Waals surface area contributed by atoms with Crippen molar-refractivity contribution in [2.45, 2.75) is 45.1 Å². The van der Waals surface area contributed by atoms with Crippen LogP contribution in [0.1, 0.15) is 44.6 Å². The summed E-state index contributed by atoms with van der Waals surface area (Å²) in [5.41, 5.74) is 5.28. The number of phenolic OH excluding ortho intramolecular Hbond substituents is 1. The molecular formula is C40H39NO5. The molecule has 0 aromatic heterocycles. The first-order chi connectivity index (χ1) is 22.5. The van der Waals surface area contributed by atoms with Gasteiger partial charge in [-0.1, -0.05) is 91.7 Å². The van der Waals surface area contributed by atoms with Crippen LogP contribution in [0.15, 0.2) is 114 Å². The maximum absolute atomic E-state index is 13.9. The Morgan fingerprint density at radius 2 is 1.59 bits per heavy atom. The van der Waals surface area contributed by atoms with Crippen LogP contribution >= 0.6 is 0 Å². The summed E-state index contributed by atoms with van der Waals surface area (Å²) in [7, 11) is 0. The number of carbonyl (C=O) groups is 2. The third-order valence-corrected chi connectivity index (χ3v) is 9.77. The maximum atomic E-state index is 13.9. The summed E-state index contributed by atoms with van der Waals surface area (Å²) in [6, 6.07) is 30.7. The molecule has 0 spiro atoms. The molecule has 3 aliphatic rings. The first-order valence-electron chi connectivity index (χ1n) is 16.4. The maximum Gasteiger partial charge on any atom is 0.238 e. The topological polar surface area (TPSA) is 76.1 Å². The van der Waals surface area contributed by atoms with Crippen LogP contribution < -0.4 is 9.64 Å². The lowest BCUT2D eigenvalue weighted by Crippen LogP contribution is -2.35. The molecule has 2 fully saturated rings. The normalized spacial score (nSPS) is 22.8. The third-order valence-electron chi connectivity index (χ3n) is 9.77. The molecule has 4 aromatic carbocycles. The average molecular weight is 614 g/mol. The van der Waals surface area contributed by atoms with E-state index in [1.807, 2.05) is 84.9 Å². The van der Waals surface area contributed by atoms with E-state index in [0.29, 0.717) is 25.3 Å². The zero-order valence-corrected chi connectivity index (χ0v) is 26.1. The van der Waals surface area contributed by atoms with Gasteiger partial charge in [-0.2, -0.15) is 0 Å². The smallest absolute Gasteiger partial charge is 0.238 e. The molecular weight excluding hydrogens is 574 g/mol. The fourth-order valence-corrected chi connectivity index (χ4v) is 7.68. The van der Waals surface area contributed by atoms with Crippen molar-refractivity contribution >= 4 is 34.4 Å². The van der Waals surface area contributed by atoms with Gasteiger partial charge in [0, 0.05) is 11.3 Å². The summed E-state index contributed by atoms with van der Waals surface area (Å²) >= 11 is 0. The van der Waals surface area contributed by atoms with Gasteiger partial charge in [-0.25, -0.2) is 0 Å². The molecule has 4 atom stereocenters. The standard InChI is InChI=1S/C40H39NO5/c1-2-11-26(22-27-19-20-35(42)32-17-10-9-16-31(27)32)18-21-36-37-28(24-45-30-14-7-4-8-15-30)23-33-38(34(37)25-46-36)40(44)41(39(33)43)29-12-5-3-6-13-29/h3-10,12-17,19-20,22,33-34,36,38,42H,2,11,18,21,23-25H2,1H3/b26-22+/t33-,34+,36-,38-/m1/s1. The van der Waals surface area contributed by atoms with Crippen molar-refractivity contribution in [2.75, 3.05) is 18.1 Å². The highest BCUT2D eigenvalue weighted by Crippen LogP contribution is 2.50. The molecule has 0 bridgehead atoms. The highest BCUT2D eigenvalue weighted by molar-refractivity contribution is 6.22. The molecule has 46 heavy (non-hydrogen) atoms. The van der Waals surface area contributed by atoms with Gasteiger partial charge in [-0.05, 0) is 78.1 Å². The van der Waals surface area contributed by atoms with Crippen molar-refractivity contribution in [3.8, 4) is 11.5 Å². The molecule has 7 rings (SSSR count). The number of amides is 2. The highest BCUT2D eigenvalue weighted by Gasteiger charge is 2.57. The summed E-state index contributed by atoms with van der Waals surface area (Å²) < 4.78 is 12.8. The van der Waals surface area contributed by atoms with Crippen LogP contribution in [0.3, 0.4) is 0 Å². The minimum absolute atomic E-state index is 0.123. The molecule has 2 aliphatic heterocycles. The number of fused-ring (bicyclic) bond motifs is 4. The SMILES string of the molecule is CCC/C(=C\c1ccc(O)c2ccccc12)CC[C@H]1OC[C@H]2C1=C(COc1ccccc1)C[C@H]1C(=O)N(c3ccccc3)C(=O)[C@H]12. The number of nitrogens with zero attached hydrogens (tertiary/aromatic N) is 1. The number of hydrogen-bond donors (Lipinski definition) is 1. The van der Waals surface area contributed by atoms with Crippen molar-refractivity contribution in [3.05, 3.63) is 119 Å². The molecule has 4 aromatic rings. The van der Waals surface area contributed by atoms with E-state index in [-0.39, 0.29) is 29.6 Å². The van der Waals surface area contributed by atoms with Gasteiger partial charge in [-0.3, -0.25) is 14.5 Å². The summed E-state index contributed by atoms with van der Waals surface area (Å²) in [5.74, 6) is -0.189. The third kappa shape index (κ3) is 5.62. The van der Waals surface area contributed by atoms with E-state index in [0.717, 1.165) is 58.9 Å². The molecule has 2 amide bonds. The Kier molecular flexibility index (Phi) is 8.46. The number of imide groups is 1. The zero-order valence-electron chi connectivity index (χ0n) is 26.1. The van der Waals surface area contributed by atoms with Gasteiger partial charge in [0.15, 0.2) is 0 Å². The van der Waals surface area contributed by atoms with Gasteiger partial charge >= 0.3 is 0 Å². The molecule has 0 radical (unpaired) electrons. The molecule has 234 valence electrons. The summed E-state index contributed by atoms with van der Waals surface area (Å²) in [6.45, 7) is 2.98. The second-order valence-electron chi connectivity index (χ2n) is 12.6. The number of aromatic hydroxyl groups is 1. The van der Waals surface area contributed by atoms with Crippen molar-refractivity contribution in [1.29, 1.82) is 0 Å². The van der Waals surface area contributed by atoms with E-state index >= 15 is 0 Å². The summed E-state index contributed by atoms with van der Waals surface area (Å²) in [4.78, 5) is 29.1. The lowest BCUT2D eigenvalue weighted by Gasteiger charge is -2.31. The Morgan fingerprint density at radius 1 is 0.870 bits per heavy atom. The first-order valence-corrected chi connectivity index (χ1v) is 16.4. The second kappa shape index (κ2) is 13.0. The second-order valence-corrected chi connectivity index (χ2v) is 12.6. The van der Waals surface area contributed by atoms with Crippen LogP contribution in [0.2, 0.25) is 0 Å². The molecule has 1 aliphatic carbocycles. The molecule has 6 heteroatoms. The number of carbonyl (C=O) groups excluding carboxylic acids is 2. The molecule has 1 N–H and O–H groups in total. The number of phenols is 1. The predicted molar refractivity (Wildman–Crippen MR) is 180 cm³/mol. The van der Waals surface area contributed by atoms with Crippen LogP contribution in [-0.4, -0.2) is 36.2 Å². The Labute approximate surface area is 270 Å². The quantitative estimate of drug-likeness (QED) is 0.144. The summed E-state index contributed by atoms with van der Waals surface area (Å²) in [6.07, 6.45) is 6.21. The Balaban J connectivity index is 1.18. The minimum Gasteiger partial charge on any atom is -0.507 e. The number of allylic oxidation sites excluding steroid dienone is 1. The Bertz CT molecular complexity index is 1810. The van der Waals surface area contributed by atoms with Gasteiger partial charge < -0.3 is 14.6 Å². The van der Waals surface area contributed by atoms with Crippen LogP contribution in [0.5, 0.6) is 11.5 Å². The number of hydrogen-bond acceptors (Lipinski definition) is 5. The van der Waals surface area contributed by atoms with Crippen molar-refractivity contribution in [2.24, 2.45) is 17.8 Å². The molecule has 6 nitrogen and oxygen atoms in total. The monoisotopic (exact) mass is 613 g/mol. The fourth-order valence-electron chi connectivity index (χ4n) is 7.68. The van der Waals surface area contributed by atoms with Crippen LogP contribution in [-0.2, 0) is 14.3 Å². The summed E-state index contributed by atoms with van der Waals surface area (Å²) in [5, 5.41) is 12.3. The van der Waals surface area contributed by atoms with E-state index < -0.39 is 11.8 Å². The van der Waals surface area contributed by atoms with Crippen LogP contribution in [0.25, 0.3) is 16.8 Å². The largest absolute Gasteiger partial charge is 0.507 e. The highest BCUT2D eigenvalue weighted by atomic mass is 16.5. The molecule has 0 saturated carbocycles. The van der Waals surface area contributed by atoms with Crippen LogP contribution in [0.4, 0.5) is 5.69 Å². The Morgan fingerprint density at radius 3 is 2.35 bits per heavy atom. The van der Waals surface area contributed by atoms with Gasteiger partial charge in [0.1, 0.15) is 18.1 Å². The molecule has 0 unspecified atom stereocenters. The van der Waals surface area contributed by atoms with Gasteiger partial charge in [0.05, 0.1) is 30.2 Å². The molecule has 2 saturated heterocycles. The fraction of sp³-hybridized carbons (Fsp3) is 0.300. The van der Waals surface area contributed by atoms with Crippen LogP contribution in [0, 0.1) is 17.8 Å². The lowest BCUT2D eigenvalue weighted by molar-refractivity contribution is -0.122. The number of anilines is 1. The van der Waals surface area contributed by atoms with Crippen molar-refractivity contribution in [1.82, 2.24) is 0 Å². The Hall–Kier alpha value is -4.68. The zero-order chi connectivity index (χ0) is 31.6. The van der Waals surface area contributed by atoms with Crippen molar-refractivity contribution in [3.63, 3.8) is 0 Å². The van der Waals surface area contributed by atoms with Crippen molar-refractivity contribution < 1.29 is 24.2 Å².